The van der Waals surface area contributed by atoms with Crippen LogP contribution < -0.4 is 5.32 Å². The van der Waals surface area contributed by atoms with Crippen molar-refractivity contribution in [2.75, 3.05) is 5.32 Å². The van der Waals surface area contributed by atoms with Crippen LogP contribution in [0.4, 0.5) is 5.69 Å². The molecule has 0 aromatic heterocycles. The van der Waals surface area contributed by atoms with E-state index in [2.05, 4.69) is 42.6 Å². The van der Waals surface area contributed by atoms with Crippen LogP contribution >= 0.6 is 0 Å². The molecule has 6 aliphatic carbocycles. The lowest BCUT2D eigenvalue weighted by Crippen LogP contribution is -3.10. The monoisotopic (exact) mass is 287 g/mol. The Hall–Kier alpha value is -1.83. The molecular weight excluding hydrogens is 270 g/mol. The van der Waals surface area contributed by atoms with E-state index in [0.29, 0.717) is 11.3 Å². The topological polar surface area (TPSA) is 29.1 Å². The summed E-state index contributed by atoms with van der Waals surface area (Å²) in [5.41, 5.74) is 1.72. The smallest absolute Gasteiger partial charge is 0.231 e. The zero-order valence-corrected chi connectivity index (χ0v) is 12.4. The van der Waals surface area contributed by atoms with Crippen molar-refractivity contribution in [3.8, 4) is 0 Å². The summed E-state index contributed by atoms with van der Waals surface area (Å²) in [6.07, 6.45) is 0. The summed E-state index contributed by atoms with van der Waals surface area (Å²) in [7, 11) is 0. The van der Waals surface area contributed by atoms with Gasteiger partial charge in [-0.2, -0.15) is 0 Å². The van der Waals surface area contributed by atoms with E-state index in [4.69, 9.17) is 0 Å². The lowest BCUT2D eigenvalue weighted by atomic mass is 8.92. The number of anilines is 1. The largest absolute Gasteiger partial charge is 0.326 e. The third-order valence-electron chi connectivity index (χ3n) is 8.53. The number of hydrogen-bond donors (Lipinski definition) is 1. The molecule has 0 radical (unpaired) electrons. The molecule has 1 amide bonds. The summed E-state index contributed by atoms with van der Waals surface area (Å²) in [6, 6.07) is 14.6. The lowest BCUT2D eigenvalue weighted by Gasteiger charge is -3.10. The second kappa shape index (κ2) is 2.73. The molecule has 0 heterocycles. The lowest BCUT2D eigenvalue weighted by molar-refractivity contribution is -0.636. The SMILES string of the molecule is CC12C3C4C1C1C2C3C41C(=O)Nc1ccc2ccccc2c1. The Labute approximate surface area is 128 Å². The van der Waals surface area contributed by atoms with E-state index in [9.17, 15) is 4.79 Å². The normalized spacial score (nSPS) is 53.3. The fraction of sp³-hybridized carbons (Fsp3) is 0.450. The van der Waals surface area contributed by atoms with E-state index in [1.165, 1.54) is 10.8 Å². The van der Waals surface area contributed by atoms with Crippen molar-refractivity contribution < 1.29 is 4.79 Å². The van der Waals surface area contributed by atoms with Crippen molar-refractivity contribution in [2.45, 2.75) is 6.92 Å². The number of rotatable bonds is 2. The summed E-state index contributed by atoms with van der Waals surface area (Å²) in [4.78, 5) is 12.9. The molecule has 6 aliphatic rings. The number of carbonyl (C=O) groups excluding carboxylic acids is 1. The van der Waals surface area contributed by atoms with Crippen LogP contribution in [0.2, 0.25) is 0 Å². The second-order valence-electron chi connectivity index (χ2n) is 8.47. The molecule has 2 aromatic rings. The van der Waals surface area contributed by atoms with Crippen molar-refractivity contribution in [3.05, 3.63) is 42.5 Å². The van der Waals surface area contributed by atoms with Crippen LogP contribution in [0, 0.1) is 46.3 Å². The molecule has 108 valence electrons. The number of carbonyl (C=O) groups is 1. The van der Waals surface area contributed by atoms with Gasteiger partial charge in [0.2, 0.25) is 5.91 Å². The maximum absolute atomic E-state index is 12.9. The first-order valence-corrected chi connectivity index (χ1v) is 8.50. The number of fused-ring (bicyclic) bond motifs is 1. The van der Waals surface area contributed by atoms with Crippen LogP contribution in [0.1, 0.15) is 6.92 Å². The third kappa shape index (κ3) is 0.689. The number of amides is 1. The van der Waals surface area contributed by atoms with Crippen molar-refractivity contribution in [1.82, 2.24) is 0 Å². The fourth-order valence-corrected chi connectivity index (χ4v) is 8.03. The van der Waals surface area contributed by atoms with E-state index in [1.54, 1.807) is 0 Å². The third-order valence-corrected chi connectivity index (χ3v) is 8.53. The minimum Gasteiger partial charge on any atom is -0.326 e. The van der Waals surface area contributed by atoms with Crippen LogP contribution in [0.15, 0.2) is 42.5 Å². The van der Waals surface area contributed by atoms with E-state index in [1.807, 2.05) is 12.1 Å². The molecule has 2 aromatic carbocycles. The highest BCUT2D eigenvalue weighted by Gasteiger charge is 3.10. The standard InChI is InChI=1S/C20H17NO/c1-19-12-15-13(19)17-14(19)16(12)20(15,17)18(22)21-11-7-6-9-4-2-3-5-10(9)8-11/h2-8,12-17H,1H3,(H,21,22). The summed E-state index contributed by atoms with van der Waals surface area (Å²) < 4.78 is 0. The first-order valence-electron chi connectivity index (χ1n) is 8.50. The molecule has 0 spiro atoms. The van der Waals surface area contributed by atoms with Gasteiger partial charge in [0.05, 0.1) is 5.41 Å². The summed E-state index contributed by atoms with van der Waals surface area (Å²) in [5, 5.41) is 5.67. The van der Waals surface area contributed by atoms with Crippen molar-refractivity contribution in [1.29, 1.82) is 0 Å². The molecule has 0 bridgehead atoms. The fourth-order valence-electron chi connectivity index (χ4n) is 8.03. The van der Waals surface area contributed by atoms with E-state index in [-0.39, 0.29) is 5.41 Å². The summed E-state index contributed by atoms with van der Waals surface area (Å²) >= 11 is 0. The van der Waals surface area contributed by atoms with E-state index >= 15 is 0 Å². The highest BCUT2D eigenvalue weighted by atomic mass is 16.2. The Morgan fingerprint density at radius 1 is 0.909 bits per heavy atom. The first kappa shape index (κ1) is 10.8. The maximum Gasteiger partial charge on any atom is 0.231 e. The van der Waals surface area contributed by atoms with E-state index in [0.717, 1.165) is 41.2 Å². The van der Waals surface area contributed by atoms with Gasteiger partial charge in [-0.25, -0.2) is 0 Å². The molecule has 0 aliphatic heterocycles. The molecule has 0 saturated heterocycles. The van der Waals surface area contributed by atoms with Crippen molar-refractivity contribution in [2.24, 2.45) is 46.3 Å². The molecule has 8 rings (SSSR count). The molecule has 0 unspecified atom stereocenters. The van der Waals surface area contributed by atoms with Crippen molar-refractivity contribution >= 4 is 22.4 Å². The molecular formula is C20H17NO. The Kier molecular flexibility index (Phi) is 1.34. The second-order valence-corrected chi connectivity index (χ2v) is 8.47. The zero-order valence-electron chi connectivity index (χ0n) is 12.4. The molecule has 6 saturated carbocycles. The highest BCUT2D eigenvalue weighted by molar-refractivity contribution is 6.02. The Morgan fingerprint density at radius 2 is 1.55 bits per heavy atom. The molecule has 1 N–H and O–H groups in total. The van der Waals surface area contributed by atoms with Crippen LogP contribution in [0.3, 0.4) is 0 Å². The van der Waals surface area contributed by atoms with Gasteiger partial charge >= 0.3 is 0 Å². The summed E-state index contributed by atoms with van der Waals surface area (Å²) in [5.74, 6) is 5.31. The van der Waals surface area contributed by atoms with Gasteiger partial charge in [-0.05, 0) is 63.8 Å². The zero-order chi connectivity index (χ0) is 14.4. The number of nitrogens with one attached hydrogen (secondary N) is 1. The number of benzene rings is 2. The van der Waals surface area contributed by atoms with Gasteiger partial charge in [-0.1, -0.05) is 37.3 Å². The Balaban J connectivity index is 1.22. The van der Waals surface area contributed by atoms with Gasteiger partial charge in [0.1, 0.15) is 0 Å². The Morgan fingerprint density at radius 3 is 2.23 bits per heavy atom. The van der Waals surface area contributed by atoms with Crippen LogP contribution in [-0.4, -0.2) is 5.91 Å². The first-order chi connectivity index (χ1) is 10.7. The van der Waals surface area contributed by atoms with Crippen LogP contribution in [0.25, 0.3) is 10.8 Å². The van der Waals surface area contributed by atoms with Gasteiger partial charge < -0.3 is 5.32 Å². The quantitative estimate of drug-likeness (QED) is 0.899. The minimum atomic E-state index is 0.0728. The van der Waals surface area contributed by atoms with Gasteiger partial charge in [-0.3, -0.25) is 4.79 Å². The van der Waals surface area contributed by atoms with Gasteiger partial charge in [0.25, 0.3) is 0 Å². The van der Waals surface area contributed by atoms with Crippen LogP contribution in [-0.2, 0) is 4.79 Å². The Bertz CT molecular complexity index is 859. The highest BCUT2D eigenvalue weighted by Crippen LogP contribution is 3.10. The van der Waals surface area contributed by atoms with Crippen molar-refractivity contribution in [3.63, 3.8) is 0 Å². The molecule has 6 fully saturated rings. The van der Waals surface area contributed by atoms with Gasteiger partial charge in [-0.15, -0.1) is 0 Å². The molecule has 2 heteroatoms. The minimum absolute atomic E-state index is 0.0728. The van der Waals surface area contributed by atoms with Gasteiger partial charge in [0, 0.05) is 5.69 Å². The summed E-state index contributed by atoms with van der Waals surface area (Å²) in [6.45, 7) is 2.47. The number of hydrogen-bond acceptors (Lipinski definition) is 1. The molecule has 0 atom stereocenters. The van der Waals surface area contributed by atoms with Crippen LogP contribution in [0.5, 0.6) is 0 Å². The average Bonchev–Trinajstić information content (AvgIpc) is 2.55. The van der Waals surface area contributed by atoms with E-state index < -0.39 is 0 Å². The predicted octanol–water partition coefficient (Wildman–Crippen LogP) is 3.54. The molecule has 2 nitrogen and oxygen atoms in total. The predicted molar refractivity (Wildman–Crippen MR) is 84.1 cm³/mol. The van der Waals surface area contributed by atoms with Gasteiger partial charge in [0.15, 0.2) is 0 Å². The molecule has 22 heavy (non-hydrogen) atoms. The average molecular weight is 287 g/mol. The maximum atomic E-state index is 12.9.